The van der Waals surface area contributed by atoms with E-state index in [1.165, 1.54) is 0 Å². The molecule has 0 aliphatic carbocycles. The summed E-state index contributed by atoms with van der Waals surface area (Å²) in [6, 6.07) is 0. The van der Waals surface area contributed by atoms with Crippen molar-refractivity contribution in [3.8, 4) is 0 Å². The van der Waals surface area contributed by atoms with Crippen molar-refractivity contribution in [1.82, 2.24) is 0 Å². The molecule has 2 aliphatic rings. The van der Waals surface area contributed by atoms with Gasteiger partial charge in [-0.15, -0.1) is 0 Å². The molecule has 0 spiro atoms. The van der Waals surface area contributed by atoms with Crippen molar-refractivity contribution >= 4 is 0 Å². The van der Waals surface area contributed by atoms with Crippen LogP contribution in [-0.2, 0) is 9.47 Å². The quantitative estimate of drug-likeness (QED) is 0.511. The molecule has 0 aromatic carbocycles. The molecule has 0 N–H and O–H groups in total. The Balaban J connectivity index is 1.99. The first-order chi connectivity index (χ1) is 7.40. The number of hydrogen-bond acceptors (Lipinski definition) is 2. The summed E-state index contributed by atoms with van der Waals surface area (Å²) >= 11 is 0. The molecule has 2 heteroatoms. The molecule has 1 saturated heterocycles. The molecule has 0 saturated carbocycles. The lowest BCUT2D eigenvalue weighted by molar-refractivity contribution is -0.106. The summed E-state index contributed by atoms with van der Waals surface area (Å²) in [5, 5.41) is 0. The second kappa shape index (κ2) is 5.29. The highest BCUT2D eigenvalue weighted by atomic mass is 16.5. The van der Waals surface area contributed by atoms with Crippen LogP contribution >= 0.6 is 0 Å². The number of ether oxygens (including phenoxy) is 2. The minimum atomic E-state index is 0.0831. The van der Waals surface area contributed by atoms with Crippen molar-refractivity contribution in [2.45, 2.75) is 37.6 Å². The van der Waals surface area contributed by atoms with Crippen LogP contribution in [0.25, 0.3) is 0 Å². The lowest BCUT2D eigenvalue weighted by Gasteiger charge is -2.31. The monoisotopic (exact) mass is 206 g/mol. The molecule has 2 heterocycles. The van der Waals surface area contributed by atoms with Gasteiger partial charge in [0.1, 0.15) is 0 Å². The predicted molar refractivity (Wildman–Crippen MR) is 60.7 cm³/mol. The molecular weight excluding hydrogens is 188 g/mol. The summed E-state index contributed by atoms with van der Waals surface area (Å²) in [5.74, 6) is 0. The molecule has 0 unspecified atom stereocenters. The van der Waals surface area contributed by atoms with E-state index in [0.29, 0.717) is 0 Å². The molecular formula is C13H18O2. The number of rotatable bonds is 2. The van der Waals surface area contributed by atoms with Crippen LogP contribution in [0, 0.1) is 0 Å². The number of fused-ring (bicyclic) bond motifs is 1. The maximum Gasteiger partial charge on any atom is 0.0945 e. The Hall–Kier alpha value is -0.860. The predicted octanol–water partition coefficient (Wildman–Crippen LogP) is 2.62. The molecule has 0 bridgehead atoms. The summed E-state index contributed by atoms with van der Waals surface area (Å²) < 4.78 is 11.7. The van der Waals surface area contributed by atoms with Crippen molar-refractivity contribution in [3.63, 3.8) is 0 Å². The normalized spacial score (nSPS) is 36.1. The van der Waals surface area contributed by atoms with Crippen LogP contribution in [-0.4, -0.2) is 24.9 Å². The summed E-state index contributed by atoms with van der Waals surface area (Å²) in [6.07, 6.45) is 13.8. The van der Waals surface area contributed by atoms with Crippen LogP contribution in [0.15, 0.2) is 37.0 Å². The number of allylic oxidation sites excluding steroid dienone is 2. The van der Waals surface area contributed by atoms with E-state index in [-0.39, 0.29) is 18.3 Å². The van der Waals surface area contributed by atoms with Gasteiger partial charge >= 0.3 is 0 Å². The first-order valence-corrected chi connectivity index (χ1v) is 5.63. The smallest absolute Gasteiger partial charge is 0.0945 e. The molecule has 0 aromatic rings. The van der Waals surface area contributed by atoms with Crippen molar-refractivity contribution in [3.05, 3.63) is 37.0 Å². The molecule has 0 radical (unpaired) electrons. The Morgan fingerprint density at radius 1 is 1.33 bits per heavy atom. The van der Waals surface area contributed by atoms with Gasteiger partial charge < -0.3 is 9.47 Å². The Morgan fingerprint density at radius 2 is 2.27 bits per heavy atom. The topological polar surface area (TPSA) is 18.5 Å². The summed E-state index contributed by atoms with van der Waals surface area (Å²) in [7, 11) is 0. The zero-order chi connectivity index (χ0) is 10.5. The molecule has 1 fully saturated rings. The van der Waals surface area contributed by atoms with Gasteiger partial charge in [0, 0.05) is 6.61 Å². The van der Waals surface area contributed by atoms with Crippen LogP contribution in [0.2, 0.25) is 0 Å². The highest BCUT2D eigenvalue weighted by Crippen LogP contribution is 2.24. The van der Waals surface area contributed by atoms with Crippen molar-refractivity contribution < 1.29 is 9.47 Å². The molecule has 3 atom stereocenters. The fourth-order valence-corrected chi connectivity index (χ4v) is 2.08. The summed E-state index contributed by atoms with van der Waals surface area (Å²) in [6.45, 7) is 4.54. The Kier molecular flexibility index (Phi) is 3.75. The van der Waals surface area contributed by atoms with Gasteiger partial charge in [-0.3, -0.25) is 0 Å². The van der Waals surface area contributed by atoms with Gasteiger partial charge in [-0.05, 0) is 19.3 Å². The second-order valence-electron chi connectivity index (χ2n) is 3.98. The molecule has 2 rings (SSSR count). The zero-order valence-electron chi connectivity index (χ0n) is 8.97. The third-order valence-corrected chi connectivity index (χ3v) is 2.84. The summed E-state index contributed by atoms with van der Waals surface area (Å²) in [5.41, 5.74) is 0. The van der Waals surface area contributed by atoms with Gasteiger partial charge in [-0.25, -0.2) is 0 Å². The Bertz CT molecular complexity index is 268. The minimum Gasteiger partial charge on any atom is -0.375 e. The van der Waals surface area contributed by atoms with Crippen LogP contribution in [0.4, 0.5) is 0 Å². The van der Waals surface area contributed by atoms with E-state index >= 15 is 0 Å². The maximum atomic E-state index is 5.97. The van der Waals surface area contributed by atoms with E-state index < -0.39 is 0 Å². The van der Waals surface area contributed by atoms with Crippen LogP contribution < -0.4 is 0 Å². The largest absolute Gasteiger partial charge is 0.375 e. The van der Waals surface area contributed by atoms with Gasteiger partial charge in [-0.2, -0.15) is 0 Å². The molecule has 2 aliphatic heterocycles. The summed E-state index contributed by atoms with van der Waals surface area (Å²) in [4.78, 5) is 0. The standard InChI is InChI=1S/C13H18O2/c1-2-3-6-11-7-4-8-12-13(15-11)9-5-10-14-12/h2-4,6-7,11-13H,1,5,8-10H2/b6-3+/t11-,12-,13+/m1/s1. The third kappa shape index (κ3) is 2.80. The molecule has 0 amide bonds. The molecule has 82 valence electrons. The highest BCUT2D eigenvalue weighted by molar-refractivity contribution is 5.10. The number of hydrogen-bond donors (Lipinski definition) is 0. The van der Waals surface area contributed by atoms with E-state index in [1.54, 1.807) is 6.08 Å². The SMILES string of the molecule is C=C/C=C/[C@@H]1C=CC[C@H]2OCCC[C@@H]2O1. The van der Waals surface area contributed by atoms with Crippen molar-refractivity contribution in [2.75, 3.05) is 6.61 Å². The van der Waals surface area contributed by atoms with Gasteiger partial charge in [-0.1, -0.05) is 37.0 Å². The average molecular weight is 206 g/mol. The van der Waals surface area contributed by atoms with Crippen molar-refractivity contribution in [1.29, 1.82) is 0 Å². The Morgan fingerprint density at radius 3 is 3.13 bits per heavy atom. The lowest BCUT2D eigenvalue weighted by Crippen LogP contribution is -2.36. The Labute approximate surface area is 91.3 Å². The van der Waals surface area contributed by atoms with E-state index in [1.807, 2.05) is 12.2 Å². The fourth-order valence-electron chi connectivity index (χ4n) is 2.08. The van der Waals surface area contributed by atoms with Crippen LogP contribution in [0.1, 0.15) is 19.3 Å². The maximum absolute atomic E-state index is 5.97. The van der Waals surface area contributed by atoms with Gasteiger partial charge in [0.05, 0.1) is 18.3 Å². The van der Waals surface area contributed by atoms with Gasteiger partial charge in [0.15, 0.2) is 0 Å². The van der Waals surface area contributed by atoms with Gasteiger partial charge in [0.2, 0.25) is 0 Å². The van der Waals surface area contributed by atoms with E-state index in [0.717, 1.165) is 25.9 Å². The first-order valence-electron chi connectivity index (χ1n) is 5.63. The first kappa shape index (κ1) is 10.7. The van der Waals surface area contributed by atoms with Crippen LogP contribution in [0.5, 0.6) is 0 Å². The average Bonchev–Trinajstić information content (AvgIpc) is 2.47. The lowest BCUT2D eigenvalue weighted by atomic mass is 10.0. The fraction of sp³-hybridized carbons (Fsp3) is 0.538. The minimum absolute atomic E-state index is 0.0831. The molecule has 2 nitrogen and oxygen atoms in total. The molecule has 15 heavy (non-hydrogen) atoms. The van der Waals surface area contributed by atoms with Crippen molar-refractivity contribution in [2.24, 2.45) is 0 Å². The van der Waals surface area contributed by atoms with E-state index in [2.05, 4.69) is 18.7 Å². The highest BCUT2D eigenvalue weighted by Gasteiger charge is 2.28. The van der Waals surface area contributed by atoms with Crippen LogP contribution in [0.3, 0.4) is 0 Å². The van der Waals surface area contributed by atoms with E-state index in [4.69, 9.17) is 9.47 Å². The van der Waals surface area contributed by atoms with E-state index in [9.17, 15) is 0 Å². The van der Waals surface area contributed by atoms with Gasteiger partial charge in [0.25, 0.3) is 0 Å². The third-order valence-electron chi connectivity index (χ3n) is 2.84. The zero-order valence-corrected chi connectivity index (χ0v) is 8.97. The second-order valence-corrected chi connectivity index (χ2v) is 3.98. The molecule has 0 aromatic heterocycles.